The lowest BCUT2D eigenvalue weighted by molar-refractivity contribution is 0.478. The summed E-state index contributed by atoms with van der Waals surface area (Å²) < 4.78 is 11.1. The second kappa shape index (κ2) is 15.8. The fraction of sp³-hybridized carbons (Fsp3) is 0.138. The third kappa shape index (κ3) is 7.61. The summed E-state index contributed by atoms with van der Waals surface area (Å²) in [6.45, 7) is 13.5. The van der Waals surface area contributed by atoms with E-state index in [4.69, 9.17) is 14.8 Å². The molecule has 0 aliphatic heterocycles. The topological polar surface area (TPSA) is 44.9 Å². The first-order chi connectivity index (χ1) is 30.5. The minimum absolute atomic E-state index is 0.0112. The number of hydrogen-bond acceptors (Lipinski definition) is 3. The SMILES string of the molecule is CC(C)(C)c1cc(Oc2ccc3c4ccccc4n(-c4cc(-c5ccccc5C(C)(C)C)ccn4)c3c2)cc(-n2cc(-c3c(-c4ccccc4)cccc3-c3ccccc3)cn2)c1. The fourth-order valence-electron chi connectivity index (χ4n) is 8.87. The molecule has 63 heavy (non-hydrogen) atoms. The predicted octanol–water partition coefficient (Wildman–Crippen LogP) is 15.4. The molecule has 0 radical (unpaired) electrons. The Balaban J connectivity index is 1.06. The van der Waals surface area contributed by atoms with Crippen molar-refractivity contribution in [1.82, 2.24) is 19.3 Å². The van der Waals surface area contributed by atoms with E-state index in [1.165, 1.54) is 11.1 Å². The highest BCUT2D eigenvalue weighted by molar-refractivity contribution is 6.09. The van der Waals surface area contributed by atoms with Gasteiger partial charge in [0.1, 0.15) is 17.3 Å². The van der Waals surface area contributed by atoms with E-state index in [2.05, 4.69) is 228 Å². The summed E-state index contributed by atoms with van der Waals surface area (Å²) in [4.78, 5) is 4.98. The Bertz CT molecular complexity index is 3210. The van der Waals surface area contributed by atoms with Gasteiger partial charge in [0.2, 0.25) is 0 Å². The van der Waals surface area contributed by atoms with E-state index in [1.54, 1.807) is 0 Å². The van der Waals surface area contributed by atoms with Crippen LogP contribution in [0, 0.1) is 0 Å². The molecule has 0 bridgehead atoms. The van der Waals surface area contributed by atoms with Crippen molar-refractivity contribution in [1.29, 1.82) is 0 Å². The molecule has 0 unspecified atom stereocenters. The maximum atomic E-state index is 6.89. The van der Waals surface area contributed by atoms with Gasteiger partial charge in [0, 0.05) is 46.4 Å². The van der Waals surface area contributed by atoms with Crippen molar-refractivity contribution in [2.45, 2.75) is 52.4 Å². The molecule has 10 rings (SSSR count). The van der Waals surface area contributed by atoms with Gasteiger partial charge in [-0.3, -0.25) is 4.57 Å². The standard InChI is InChI=1S/C58H50N4O/c1-57(2,3)43-33-44(61-38-42(37-60-61)56-48(39-18-9-7-10-19-39)24-17-25-49(56)40-20-11-8-12-21-40)35-46(34-43)63-45-28-29-51-50-23-14-16-27-53(50)62(54(51)36-45)55-32-41(30-31-59-55)47-22-13-15-26-52(47)58(4,5)6/h7-38H,1-6H3. The lowest BCUT2D eigenvalue weighted by atomic mass is 9.82. The average Bonchev–Trinajstić information content (AvgIpc) is 3.92. The molecule has 0 saturated heterocycles. The lowest BCUT2D eigenvalue weighted by Gasteiger charge is -2.23. The monoisotopic (exact) mass is 818 g/mol. The third-order valence-corrected chi connectivity index (χ3v) is 12.0. The number of fused-ring (bicyclic) bond motifs is 3. The summed E-state index contributed by atoms with van der Waals surface area (Å²) >= 11 is 0. The third-order valence-electron chi connectivity index (χ3n) is 12.0. The van der Waals surface area contributed by atoms with E-state index >= 15 is 0 Å². The summed E-state index contributed by atoms with van der Waals surface area (Å²) in [5.41, 5.74) is 14.5. The smallest absolute Gasteiger partial charge is 0.138 e. The van der Waals surface area contributed by atoms with Crippen LogP contribution in [0.5, 0.6) is 11.5 Å². The number of para-hydroxylation sites is 1. The van der Waals surface area contributed by atoms with Crippen molar-refractivity contribution in [3.63, 3.8) is 0 Å². The van der Waals surface area contributed by atoms with Gasteiger partial charge in [0.05, 0.1) is 22.9 Å². The summed E-state index contributed by atoms with van der Waals surface area (Å²) in [5.74, 6) is 2.34. The Hall–Kier alpha value is -7.50. The van der Waals surface area contributed by atoms with Crippen molar-refractivity contribution >= 4 is 21.8 Å². The van der Waals surface area contributed by atoms with Crippen LogP contribution in [0.1, 0.15) is 52.7 Å². The number of rotatable bonds is 8. The molecule has 10 aromatic rings. The van der Waals surface area contributed by atoms with Crippen molar-refractivity contribution in [3.8, 4) is 67.5 Å². The number of aromatic nitrogens is 4. The average molecular weight is 819 g/mol. The first-order valence-corrected chi connectivity index (χ1v) is 21.7. The van der Waals surface area contributed by atoms with Gasteiger partial charge in [0.15, 0.2) is 0 Å². The molecule has 0 saturated carbocycles. The van der Waals surface area contributed by atoms with Crippen LogP contribution < -0.4 is 4.74 Å². The molecular formula is C58H50N4O. The van der Waals surface area contributed by atoms with Crippen LogP contribution in [0.25, 0.3) is 77.8 Å². The molecule has 0 aliphatic carbocycles. The maximum absolute atomic E-state index is 6.89. The highest BCUT2D eigenvalue weighted by atomic mass is 16.5. The molecule has 0 aliphatic rings. The Morgan fingerprint density at radius 3 is 1.84 bits per heavy atom. The quantitative estimate of drug-likeness (QED) is 0.153. The fourth-order valence-corrected chi connectivity index (χ4v) is 8.87. The van der Waals surface area contributed by atoms with Crippen molar-refractivity contribution in [2.24, 2.45) is 0 Å². The number of benzene rings is 7. The highest BCUT2D eigenvalue weighted by Crippen LogP contribution is 2.42. The van der Waals surface area contributed by atoms with Crippen LogP contribution in [0.15, 0.2) is 195 Å². The van der Waals surface area contributed by atoms with Crippen LogP contribution in [-0.2, 0) is 10.8 Å². The van der Waals surface area contributed by atoms with Gasteiger partial charge in [-0.1, -0.05) is 163 Å². The van der Waals surface area contributed by atoms with Crippen LogP contribution in [0.3, 0.4) is 0 Å². The van der Waals surface area contributed by atoms with E-state index in [1.807, 2.05) is 17.1 Å². The molecule has 0 N–H and O–H groups in total. The molecule has 0 spiro atoms. The molecule has 0 amide bonds. The van der Waals surface area contributed by atoms with E-state index in [9.17, 15) is 0 Å². The lowest BCUT2D eigenvalue weighted by Crippen LogP contribution is -2.12. The van der Waals surface area contributed by atoms with Gasteiger partial charge in [-0.2, -0.15) is 5.10 Å². The van der Waals surface area contributed by atoms with Crippen LogP contribution in [0.4, 0.5) is 0 Å². The zero-order valence-corrected chi connectivity index (χ0v) is 36.7. The van der Waals surface area contributed by atoms with Crippen molar-refractivity contribution in [2.75, 3.05) is 0 Å². The minimum atomic E-state index is -0.150. The predicted molar refractivity (Wildman–Crippen MR) is 261 cm³/mol. The second-order valence-electron chi connectivity index (χ2n) is 18.4. The zero-order chi connectivity index (χ0) is 43.3. The summed E-state index contributed by atoms with van der Waals surface area (Å²) in [7, 11) is 0. The molecule has 3 heterocycles. The normalized spacial score (nSPS) is 12.0. The molecule has 0 fully saturated rings. The molecule has 5 heteroatoms. The van der Waals surface area contributed by atoms with Gasteiger partial charge >= 0.3 is 0 Å². The van der Waals surface area contributed by atoms with Crippen molar-refractivity contribution in [3.05, 3.63) is 206 Å². The van der Waals surface area contributed by atoms with E-state index in [0.29, 0.717) is 0 Å². The molecule has 0 atom stereocenters. The molecule has 7 aromatic carbocycles. The van der Waals surface area contributed by atoms with Gasteiger partial charge in [0.25, 0.3) is 0 Å². The van der Waals surface area contributed by atoms with Crippen LogP contribution in [-0.4, -0.2) is 19.3 Å². The van der Waals surface area contributed by atoms with Gasteiger partial charge in [-0.05, 0) is 97.8 Å². The zero-order valence-electron chi connectivity index (χ0n) is 36.7. The maximum Gasteiger partial charge on any atom is 0.138 e. The Morgan fingerprint density at radius 2 is 1.13 bits per heavy atom. The number of ether oxygens (including phenoxy) is 1. The van der Waals surface area contributed by atoms with Crippen LogP contribution in [0.2, 0.25) is 0 Å². The second-order valence-corrected chi connectivity index (χ2v) is 18.4. The first kappa shape index (κ1) is 39.6. The van der Waals surface area contributed by atoms with Crippen LogP contribution >= 0.6 is 0 Å². The summed E-state index contributed by atoms with van der Waals surface area (Å²) in [6, 6.07) is 62.2. The van der Waals surface area contributed by atoms with E-state index in [-0.39, 0.29) is 10.8 Å². The molecule has 308 valence electrons. The van der Waals surface area contributed by atoms with E-state index < -0.39 is 0 Å². The van der Waals surface area contributed by atoms with Gasteiger partial charge < -0.3 is 4.74 Å². The van der Waals surface area contributed by atoms with Gasteiger partial charge in [-0.25, -0.2) is 9.67 Å². The number of hydrogen-bond donors (Lipinski definition) is 0. The Kier molecular flexibility index (Phi) is 9.91. The summed E-state index contributed by atoms with van der Waals surface area (Å²) in [6.07, 6.45) is 6.05. The number of nitrogens with zero attached hydrogens (tertiary/aromatic N) is 4. The largest absolute Gasteiger partial charge is 0.457 e. The molecule has 3 aromatic heterocycles. The minimum Gasteiger partial charge on any atom is -0.457 e. The Morgan fingerprint density at radius 1 is 0.476 bits per heavy atom. The van der Waals surface area contributed by atoms with E-state index in [0.717, 1.165) is 89.3 Å². The number of pyridine rings is 1. The first-order valence-electron chi connectivity index (χ1n) is 21.7. The van der Waals surface area contributed by atoms with Crippen molar-refractivity contribution < 1.29 is 4.74 Å². The molecular weight excluding hydrogens is 769 g/mol. The summed E-state index contributed by atoms with van der Waals surface area (Å²) in [5, 5.41) is 7.31. The van der Waals surface area contributed by atoms with Gasteiger partial charge in [-0.15, -0.1) is 0 Å². The highest BCUT2D eigenvalue weighted by Gasteiger charge is 2.22. The Labute approximate surface area is 369 Å². The molecule has 5 nitrogen and oxygen atoms in total.